The Morgan fingerprint density at radius 1 is 0.842 bits per heavy atom. The molecule has 0 aliphatic rings. The van der Waals surface area contributed by atoms with Gasteiger partial charge in [-0.1, -0.05) is 82.7 Å². The number of unbranched alkanes of at least 4 members (excludes halogenated alkanes) is 5. The maximum Gasteiger partial charge on any atom is 0.0716 e. The first-order valence-corrected chi connectivity index (χ1v) is 7.90. The SMILES string of the molecule is CC(C)CCCCCCCCOCc1ccccc1. The molecule has 0 N–H and O–H groups in total. The summed E-state index contributed by atoms with van der Waals surface area (Å²) in [5.41, 5.74) is 1.27. The number of hydrogen-bond donors (Lipinski definition) is 0. The Labute approximate surface area is 119 Å². The number of benzene rings is 1. The van der Waals surface area contributed by atoms with E-state index in [-0.39, 0.29) is 0 Å². The van der Waals surface area contributed by atoms with Gasteiger partial charge in [-0.05, 0) is 17.9 Å². The van der Waals surface area contributed by atoms with Crippen molar-refractivity contribution < 1.29 is 4.74 Å². The van der Waals surface area contributed by atoms with Crippen LogP contribution >= 0.6 is 0 Å². The first kappa shape index (κ1) is 16.2. The maximum atomic E-state index is 5.68. The summed E-state index contributed by atoms with van der Waals surface area (Å²) in [7, 11) is 0. The molecule has 0 saturated carbocycles. The van der Waals surface area contributed by atoms with Crippen LogP contribution in [0.5, 0.6) is 0 Å². The normalized spacial score (nSPS) is 11.1. The van der Waals surface area contributed by atoms with Crippen LogP contribution in [0, 0.1) is 5.92 Å². The molecule has 0 saturated heterocycles. The molecule has 0 bridgehead atoms. The standard InChI is InChI=1S/C18H30O/c1-17(2)12-8-5-3-4-6-11-15-19-16-18-13-9-7-10-14-18/h7,9-10,13-14,17H,3-6,8,11-12,15-16H2,1-2H3. The lowest BCUT2D eigenvalue weighted by atomic mass is 10.0. The summed E-state index contributed by atoms with van der Waals surface area (Å²) < 4.78 is 5.68. The first-order valence-electron chi connectivity index (χ1n) is 7.90. The Kier molecular flexibility index (Phi) is 9.44. The van der Waals surface area contributed by atoms with Gasteiger partial charge < -0.3 is 4.74 Å². The predicted molar refractivity (Wildman–Crippen MR) is 83.3 cm³/mol. The molecule has 0 aliphatic carbocycles. The van der Waals surface area contributed by atoms with Crippen molar-refractivity contribution in [2.75, 3.05) is 6.61 Å². The van der Waals surface area contributed by atoms with Crippen LogP contribution in [-0.4, -0.2) is 6.61 Å². The lowest BCUT2D eigenvalue weighted by molar-refractivity contribution is 0.116. The van der Waals surface area contributed by atoms with Crippen LogP contribution in [-0.2, 0) is 11.3 Å². The van der Waals surface area contributed by atoms with Crippen LogP contribution in [0.15, 0.2) is 30.3 Å². The Hall–Kier alpha value is -0.820. The average molecular weight is 262 g/mol. The molecule has 0 fully saturated rings. The molecule has 0 heterocycles. The topological polar surface area (TPSA) is 9.23 Å². The largest absolute Gasteiger partial charge is 0.377 e. The Balaban J connectivity index is 1.81. The van der Waals surface area contributed by atoms with E-state index in [2.05, 4.69) is 38.1 Å². The minimum atomic E-state index is 0.759. The van der Waals surface area contributed by atoms with Crippen LogP contribution in [0.1, 0.15) is 64.4 Å². The van der Waals surface area contributed by atoms with Gasteiger partial charge >= 0.3 is 0 Å². The fraction of sp³-hybridized carbons (Fsp3) is 0.667. The van der Waals surface area contributed by atoms with Crippen LogP contribution in [0.2, 0.25) is 0 Å². The van der Waals surface area contributed by atoms with E-state index in [4.69, 9.17) is 4.74 Å². The molecular weight excluding hydrogens is 232 g/mol. The highest BCUT2D eigenvalue weighted by molar-refractivity contribution is 5.13. The third kappa shape index (κ3) is 9.72. The van der Waals surface area contributed by atoms with Gasteiger partial charge in [0.25, 0.3) is 0 Å². The summed E-state index contributed by atoms with van der Waals surface area (Å²) in [6, 6.07) is 10.4. The molecule has 1 nitrogen and oxygen atoms in total. The van der Waals surface area contributed by atoms with E-state index >= 15 is 0 Å². The van der Waals surface area contributed by atoms with Crippen LogP contribution in [0.3, 0.4) is 0 Å². The molecule has 0 amide bonds. The predicted octanol–water partition coefficient (Wildman–Crippen LogP) is 5.59. The molecule has 0 radical (unpaired) electrons. The molecule has 1 aromatic carbocycles. The summed E-state index contributed by atoms with van der Waals surface area (Å²) in [5.74, 6) is 0.867. The minimum Gasteiger partial charge on any atom is -0.377 e. The minimum absolute atomic E-state index is 0.759. The van der Waals surface area contributed by atoms with Gasteiger partial charge in [0, 0.05) is 6.61 Å². The van der Waals surface area contributed by atoms with E-state index in [1.807, 2.05) is 6.07 Å². The number of rotatable bonds is 11. The third-order valence-electron chi connectivity index (χ3n) is 3.43. The molecule has 1 rings (SSSR count). The molecule has 0 aromatic heterocycles. The molecule has 1 aromatic rings. The second-order valence-corrected chi connectivity index (χ2v) is 5.84. The maximum absolute atomic E-state index is 5.68. The van der Waals surface area contributed by atoms with Crippen LogP contribution < -0.4 is 0 Å². The number of hydrogen-bond acceptors (Lipinski definition) is 1. The summed E-state index contributed by atoms with van der Waals surface area (Å²) in [5, 5.41) is 0. The zero-order chi connectivity index (χ0) is 13.8. The molecule has 0 aliphatic heterocycles. The van der Waals surface area contributed by atoms with E-state index in [9.17, 15) is 0 Å². The summed E-state index contributed by atoms with van der Waals surface area (Å²) in [6.07, 6.45) is 9.48. The zero-order valence-corrected chi connectivity index (χ0v) is 12.7. The molecule has 19 heavy (non-hydrogen) atoms. The lowest BCUT2D eigenvalue weighted by Gasteiger charge is -2.05. The molecule has 108 valence electrons. The van der Waals surface area contributed by atoms with Gasteiger partial charge in [0.1, 0.15) is 0 Å². The second-order valence-electron chi connectivity index (χ2n) is 5.84. The second kappa shape index (κ2) is 11.0. The van der Waals surface area contributed by atoms with Crippen molar-refractivity contribution in [1.29, 1.82) is 0 Å². The van der Waals surface area contributed by atoms with Gasteiger partial charge in [0.05, 0.1) is 6.61 Å². The zero-order valence-electron chi connectivity index (χ0n) is 12.7. The fourth-order valence-electron chi connectivity index (χ4n) is 2.23. The third-order valence-corrected chi connectivity index (χ3v) is 3.43. The Morgan fingerprint density at radius 2 is 1.47 bits per heavy atom. The van der Waals surface area contributed by atoms with E-state index in [0.29, 0.717) is 0 Å². The molecule has 1 heteroatoms. The monoisotopic (exact) mass is 262 g/mol. The van der Waals surface area contributed by atoms with Crippen molar-refractivity contribution >= 4 is 0 Å². The highest BCUT2D eigenvalue weighted by Gasteiger charge is 1.95. The van der Waals surface area contributed by atoms with E-state index in [1.54, 1.807) is 0 Å². The van der Waals surface area contributed by atoms with Gasteiger partial charge in [-0.25, -0.2) is 0 Å². The van der Waals surface area contributed by atoms with Crippen LogP contribution in [0.25, 0.3) is 0 Å². The molecule has 0 spiro atoms. The molecular formula is C18H30O. The highest BCUT2D eigenvalue weighted by Crippen LogP contribution is 2.11. The number of ether oxygens (including phenoxy) is 1. The first-order chi connectivity index (χ1) is 9.29. The average Bonchev–Trinajstić information content (AvgIpc) is 2.42. The molecule has 0 atom stereocenters. The van der Waals surface area contributed by atoms with E-state index in [0.717, 1.165) is 19.1 Å². The van der Waals surface area contributed by atoms with Crippen molar-refractivity contribution in [3.63, 3.8) is 0 Å². The summed E-state index contributed by atoms with van der Waals surface area (Å²) >= 11 is 0. The van der Waals surface area contributed by atoms with Gasteiger partial charge in [-0.15, -0.1) is 0 Å². The van der Waals surface area contributed by atoms with E-state index in [1.165, 1.54) is 50.5 Å². The van der Waals surface area contributed by atoms with Crippen molar-refractivity contribution in [2.24, 2.45) is 5.92 Å². The van der Waals surface area contributed by atoms with Gasteiger partial charge in [-0.2, -0.15) is 0 Å². The van der Waals surface area contributed by atoms with Crippen molar-refractivity contribution in [3.8, 4) is 0 Å². The van der Waals surface area contributed by atoms with Crippen molar-refractivity contribution in [2.45, 2.75) is 65.4 Å². The molecule has 0 unspecified atom stereocenters. The summed E-state index contributed by atoms with van der Waals surface area (Å²) in [4.78, 5) is 0. The Bertz CT molecular complexity index is 292. The van der Waals surface area contributed by atoms with Crippen molar-refractivity contribution in [1.82, 2.24) is 0 Å². The van der Waals surface area contributed by atoms with Crippen LogP contribution in [0.4, 0.5) is 0 Å². The Morgan fingerprint density at radius 3 is 2.16 bits per heavy atom. The highest BCUT2D eigenvalue weighted by atomic mass is 16.5. The van der Waals surface area contributed by atoms with Crippen molar-refractivity contribution in [3.05, 3.63) is 35.9 Å². The lowest BCUT2D eigenvalue weighted by Crippen LogP contribution is -1.95. The van der Waals surface area contributed by atoms with E-state index < -0.39 is 0 Å². The smallest absolute Gasteiger partial charge is 0.0716 e. The fourth-order valence-corrected chi connectivity index (χ4v) is 2.23. The van der Waals surface area contributed by atoms with Gasteiger partial charge in [-0.3, -0.25) is 0 Å². The van der Waals surface area contributed by atoms with Gasteiger partial charge in [0.2, 0.25) is 0 Å². The summed E-state index contributed by atoms with van der Waals surface area (Å²) in [6.45, 7) is 6.28. The quantitative estimate of drug-likeness (QED) is 0.472. The van der Waals surface area contributed by atoms with Gasteiger partial charge in [0.15, 0.2) is 0 Å².